The van der Waals surface area contributed by atoms with E-state index in [0.29, 0.717) is 6.54 Å². The van der Waals surface area contributed by atoms with Gasteiger partial charge in [-0.1, -0.05) is 52.8 Å². The van der Waals surface area contributed by atoms with Gasteiger partial charge >= 0.3 is 0 Å². The van der Waals surface area contributed by atoms with Crippen molar-refractivity contribution in [2.75, 3.05) is 13.1 Å². The fraction of sp³-hybridized carbons (Fsp3) is 0.571. The highest BCUT2D eigenvalue weighted by Crippen LogP contribution is 2.31. The lowest BCUT2D eigenvalue weighted by Gasteiger charge is -2.27. The molecule has 0 N–H and O–H groups in total. The van der Waals surface area contributed by atoms with E-state index in [-0.39, 0.29) is 22.8 Å². The summed E-state index contributed by atoms with van der Waals surface area (Å²) in [6, 6.07) is 6.61. The summed E-state index contributed by atoms with van der Waals surface area (Å²) in [6.07, 6.45) is 4.48. The van der Waals surface area contributed by atoms with Crippen LogP contribution in [0, 0.1) is 0 Å². The minimum atomic E-state index is 0.00453. The Hall–Kier alpha value is -2.17. The summed E-state index contributed by atoms with van der Waals surface area (Å²) in [5.41, 5.74) is 3.22. The molecule has 0 aliphatic carbocycles. The number of aromatic nitrogens is 3. The molecular formula is C21H30N4O. The van der Waals surface area contributed by atoms with Crippen LogP contribution in [0.4, 0.5) is 0 Å². The Morgan fingerprint density at radius 3 is 2.15 bits per heavy atom. The molecule has 1 amide bonds. The Balaban J connectivity index is 1.89. The molecule has 140 valence electrons. The van der Waals surface area contributed by atoms with Crippen LogP contribution in [-0.2, 0) is 10.8 Å². The average molecular weight is 354 g/mol. The number of rotatable bonds is 2. The molecule has 1 unspecified atom stereocenters. The second-order valence-electron chi connectivity index (χ2n) is 9.38. The molecular weight excluding hydrogens is 324 g/mol. The SMILES string of the molecule is CC(C)(C)c1cc(C(=O)N2CCC(n3ccnn3)C2)cc(C(C)(C)C)c1. The first-order valence-corrected chi connectivity index (χ1v) is 9.37. The first-order chi connectivity index (χ1) is 12.1. The summed E-state index contributed by atoms with van der Waals surface area (Å²) in [6.45, 7) is 14.6. The van der Waals surface area contributed by atoms with Crippen LogP contribution >= 0.6 is 0 Å². The summed E-state index contributed by atoms with van der Waals surface area (Å²) in [5, 5.41) is 7.97. The lowest BCUT2D eigenvalue weighted by atomic mass is 9.79. The van der Waals surface area contributed by atoms with Gasteiger partial charge in [0.15, 0.2) is 0 Å². The topological polar surface area (TPSA) is 51.0 Å². The van der Waals surface area contributed by atoms with E-state index in [4.69, 9.17) is 0 Å². The molecule has 26 heavy (non-hydrogen) atoms. The molecule has 2 aromatic rings. The molecule has 2 heterocycles. The summed E-state index contributed by atoms with van der Waals surface area (Å²) in [7, 11) is 0. The number of benzene rings is 1. The van der Waals surface area contributed by atoms with Gasteiger partial charge < -0.3 is 4.90 Å². The first-order valence-electron chi connectivity index (χ1n) is 9.37. The summed E-state index contributed by atoms with van der Waals surface area (Å²) in [5.74, 6) is 0.115. The van der Waals surface area contributed by atoms with Gasteiger partial charge in [0.2, 0.25) is 0 Å². The Kier molecular flexibility index (Phi) is 4.67. The second kappa shape index (κ2) is 6.53. The maximum atomic E-state index is 13.2. The van der Waals surface area contributed by atoms with Crippen LogP contribution in [0.2, 0.25) is 0 Å². The third kappa shape index (κ3) is 3.81. The molecule has 1 saturated heterocycles. The minimum absolute atomic E-state index is 0.00453. The van der Waals surface area contributed by atoms with Gasteiger partial charge in [0.1, 0.15) is 0 Å². The molecule has 5 heteroatoms. The summed E-state index contributed by atoms with van der Waals surface area (Å²) >= 11 is 0. The number of nitrogens with zero attached hydrogens (tertiary/aromatic N) is 4. The number of hydrogen-bond acceptors (Lipinski definition) is 3. The van der Waals surface area contributed by atoms with E-state index in [2.05, 4.69) is 70.1 Å². The van der Waals surface area contributed by atoms with Crippen LogP contribution in [0.5, 0.6) is 0 Å². The molecule has 1 aliphatic heterocycles. The Morgan fingerprint density at radius 1 is 1.04 bits per heavy atom. The van der Waals surface area contributed by atoms with Gasteiger partial charge in [-0.3, -0.25) is 4.79 Å². The Bertz CT molecular complexity index is 749. The minimum Gasteiger partial charge on any atom is -0.336 e. The van der Waals surface area contributed by atoms with Gasteiger partial charge in [-0.15, -0.1) is 5.10 Å². The van der Waals surface area contributed by atoms with Gasteiger partial charge in [-0.2, -0.15) is 0 Å². The number of hydrogen-bond donors (Lipinski definition) is 0. The van der Waals surface area contributed by atoms with Crippen molar-refractivity contribution in [3.63, 3.8) is 0 Å². The molecule has 1 atom stereocenters. The molecule has 0 radical (unpaired) electrons. The lowest BCUT2D eigenvalue weighted by molar-refractivity contribution is 0.0786. The quantitative estimate of drug-likeness (QED) is 0.820. The van der Waals surface area contributed by atoms with Crippen molar-refractivity contribution in [1.82, 2.24) is 19.9 Å². The van der Waals surface area contributed by atoms with Gasteiger partial charge in [-0.25, -0.2) is 4.68 Å². The van der Waals surface area contributed by atoms with E-state index in [1.54, 1.807) is 6.20 Å². The monoisotopic (exact) mass is 354 g/mol. The standard InChI is InChI=1S/C21H30N4O/c1-20(2,3)16-11-15(12-17(13-16)21(4,5)6)19(26)24-9-7-18(14-24)25-10-8-22-23-25/h8,10-13,18H,7,9,14H2,1-6H3. The highest BCUT2D eigenvalue weighted by molar-refractivity contribution is 5.95. The number of carbonyl (C=O) groups excluding carboxylic acids is 1. The third-order valence-electron chi connectivity index (χ3n) is 5.18. The fourth-order valence-corrected chi connectivity index (χ4v) is 3.35. The van der Waals surface area contributed by atoms with Crippen molar-refractivity contribution in [1.29, 1.82) is 0 Å². The number of likely N-dealkylation sites (tertiary alicyclic amines) is 1. The zero-order chi connectivity index (χ0) is 19.1. The van der Waals surface area contributed by atoms with Gasteiger partial charge in [0, 0.05) is 24.8 Å². The molecule has 3 rings (SSSR count). The van der Waals surface area contributed by atoms with Gasteiger partial charge in [0.25, 0.3) is 5.91 Å². The Morgan fingerprint density at radius 2 is 1.65 bits per heavy atom. The highest BCUT2D eigenvalue weighted by Gasteiger charge is 2.30. The van der Waals surface area contributed by atoms with E-state index < -0.39 is 0 Å². The molecule has 0 bridgehead atoms. The zero-order valence-electron chi connectivity index (χ0n) is 16.8. The third-order valence-corrected chi connectivity index (χ3v) is 5.18. The number of carbonyl (C=O) groups is 1. The largest absolute Gasteiger partial charge is 0.336 e. The van der Waals surface area contributed by atoms with E-state index >= 15 is 0 Å². The predicted molar refractivity (Wildman–Crippen MR) is 103 cm³/mol. The highest BCUT2D eigenvalue weighted by atomic mass is 16.2. The van der Waals surface area contributed by atoms with E-state index in [9.17, 15) is 4.79 Å². The van der Waals surface area contributed by atoms with Crippen molar-refractivity contribution in [3.05, 3.63) is 47.3 Å². The maximum absolute atomic E-state index is 13.2. The molecule has 1 aliphatic rings. The van der Waals surface area contributed by atoms with Gasteiger partial charge in [0.05, 0.1) is 12.2 Å². The summed E-state index contributed by atoms with van der Waals surface area (Å²) in [4.78, 5) is 15.1. The second-order valence-corrected chi connectivity index (χ2v) is 9.38. The average Bonchev–Trinajstić information content (AvgIpc) is 3.23. The Labute approximate surface area is 156 Å². The van der Waals surface area contributed by atoms with Crippen LogP contribution in [0.3, 0.4) is 0 Å². The predicted octanol–water partition coefficient (Wildman–Crippen LogP) is 3.96. The van der Waals surface area contributed by atoms with Crippen LogP contribution in [-0.4, -0.2) is 38.9 Å². The van der Waals surface area contributed by atoms with Crippen molar-refractivity contribution < 1.29 is 4.79 Å². The number of amides is 1. The van der Waals surface area contributed by atoms with Crippen LogP contribution < -0.4 is 0 Å². The van der Waals surface area contributed by atoms with Gasteiger partial charge in [-0.05, 0) is 40.5 Å². The van der Waals surface area contributed by atoms with E-state index in [1.165, 1.54) is 11.1 Å². The van der Waals surface area contributed by atoms with Crippen molar-refractivity contribution >= 4 is 5.91 Å². The van der Waals surface area contributed by atoms with Crippen molar-refractivity contribution in [2.45, 2.75) is 64.8 Å². The van der Waals surface area contributed by atoms with E-state index in [1.807, 2.05) is 15.8 Å². The molecule has 1 fully saturated rings. The molecule has 1 aromatic carbocycles. The first kappa shape index (κ1) is 18.6. The fourth-order valence-electron chi connectivity index (χ4n) is 3.35. The van der Waals surface area contributed by atoms with Crippen molar-refractivity contribution in [2.24, 2.45) is 0 Å². The molecule has 5 nitrogen and oxygen atoms in total. The zero-order valence-corrected chi connectivity index (χ0v) is 16.8. The van der Waals surface area contributed by atoms with E-state index in [0.717, 1.165) is 18.5 Å². The maximum Gasteiger partial charge on any atom is 0.253 e. The lowest BCUT2D eigenvalue weighted by Crippen LogP contribution is -2.30. The van der Waals surface area contributed by atoms with Crippen LogP contribution in [0.1, 0.15) is 75.5 Å². The molecule has 0 saturated carbocycles. The van der Waals surface area contributed by atoms with Crippen molar-refractivity contribution in [3.8, 4) is 0 Å². The molecule has 0 spiro atoms. The normalized spacial score (nSPS) is 18.4. The van der Waals surface area contributed by atoms with Crippen LogP contribution in [0.15, 0.2) is 30.6 Å². The smallest absolute Gasteiger partial charge is 0.253 e. The summed E-state index contributed by atoms with van der Waals surface area (Å²) < 4.78 is 1.86. The van der Waals surface area contributed by atoms with Crippen LogP contribution in [0.25, 0.3) is 0 Å². The molecule has 1 aromatic heterocycles.